The topological polar surface area (TPSA) is 114 Å². The summed E-state index contributed by atoms with van der Waals surface area (Å²) in [4.78, 5) is 29.9. The van der Waals surface area contributed by atoms with E-state index in [1.54, 1.807) is 48.5 Å². The monoisotopic (exact) mass is 721 g/mol. The molecule has 0 aromatic heterocycles. The molecule has 1 N–H and O–H groups in total. The molecule has 10 nitrogen and oxygen atoms in total. The molecule has 4 rings (SSSR count). The number of benzene rings is 4. The lowest BCUT2D eigenvalue weighted by Gasteiger charge is -2.34. The van der Waals surface area contributed by atoms with Crippen LogP contribution in [-0.4, -0.2) is 65.1 Å². The van der Waals surface area contributed by atoms with E-state index in [2.05, 4.69) is 5.32 Å². The van der Waals surface area contributed by atoms with Gasteiger partial charge in [-0.25, -0.2) is 8.42 Å². The van der Waals surface area contributed by atoms with Crippen molar-refractivity contribution in [1.29, 1.82) is 0 Å². The average Bonchev–Trinajstić information content (AvgIpc) is 3.13. The second-order valence-corrected chi connectivity index (χ2v) is 13.8. The van der Waals surface area contributed by atoms with Gasteiger partial charge < -0.3 is 24.4 Å². The van der Waals surface area contributed by atoms with E-state index in [0.29, 0.717) is 29.7 Å². The van der Waals surface area contributed by atoms with Gasteiger partial charge in [-0.2, -0.15) is 0 Å². The first kappa shape index (κ1) is 38.1. The highest BCUT2D eigenvalue weighted by atomic mass is 35.5. The maximum absolute atomic E-state index is 14.7. The first-order valence-corrected chi connectivity index (χ1v) is 18.3. The highest BCUT2D eigenvalue weighted by Crippen LogP contribution is 2.33. The van der Waals surface area contributed by atoms with E-state index in [-0.39, 0.29) is 35.2 Å². The van der Waals surface area contributed by atoms with Gasteiger partial charge in [-0.3, -0.25) is 13.9 Å². The first-order chi connectivity index (χ1) is 24.1. The van der Waals surface area contributed by atoms with Crippen LogP contribution in [0.5, 0.6) is 17.2 Å². The predicted octanol–water partition coefficient (Wildman–Crippen LogP) is 6.51. The molecule has 0 saturated heterocycles. The number of halogens is 1. The Morgan fingerprint density at radius 2 is 1.52 bits per heavy atom. The number of nitrogens with one attached hydrogen (secondary N) is 1. The molecule has 50 heavy (non-hydrogen) atoms. The van der Waals surface area contributed by atoms with Gasteiger partial charge in [-0.1, -0.05) is 67.4 Å². The molecule has 0 aliphatic carbocycles. The molecule has 0 fully saturated rings. The molecule has 4 aromatic rings. The van der Waals surface area contributed by atoms with Gasteiger partial charge in [0.05, 0.1) is 31.4 Å². The second kappa shape index (κ2) is 18.3. The highest BCUT2D eigenvalue weighted by Gasteiger charge is 2.35. The van der Waals surface area contributed by atoms with Crippen molar-refractivity contribution in [1.82, 2.24) is 10.2 Å². The van der Waals surface area contributed by atoms with Crippen molar-refractivity contribution in [2.75, 3.05) is 38.2 Å². The third-order valence-electron chi connectivity index (χ3n) is 8.02. The summed E-state index contributed by atoms with van der Waals surface area (Å²) >= 11 is 6.17. The van der Waals surface area contributed by atoms with Gasteiger partial charge in [0.25, 0.3) is 10.0 Å². The summed E-state index contributed by atoms with van der Waals surface area (Å²) in [7, 11) is -1.51. The van der Waals surface area contributed by atoms with Gasteiger partial charge in [-0.05, 0) is 73.0 Å². The summed E-state index contributed by atoms with van der Waals surface area (Å²) in [6, 6.07) is 26.1. The summed E-state index contributed by atoms with van der Waals surface area (Å²) in [5.74, 6) is 0.191. The molecule has 0 heterocycles. The number of rotatable bonds is 18. The first-order valence-electron chi connectivity index (χ1n) is 16.4. The number of carbonyl (C=O) groups is 2. The van der Waals surface area contributed by atoms with Crippen LogP contribution in [0.4, 0.5) is 5.69 Å². The fourth-order valence-corrected chi connectivity index (χ4v) is 6.91. The number of unbranched alkanes of at least 4 members (excludes halogenated alkanes) is 1. The smallest absolute Gasteiger partial charge is 0.264 e. The van der Waals surface area contributed by atoms with Gasteiger partial charge in [0.15, 0.2) is 11.5 Å². The Morgan fingerprint density at radius 1 is 0.840 bits per heavy atom. The van der Waals surface area contributed by atoms with Gasteiger partial charge in [-0.15, -0.1) is 0 Å². The largest absolute Gasteiger partial charge is 0.494 e. The number of sulfonamides is 1. The van der Waals surface area contributed by atoms with E-state index < -0.39 is 28.5 Å². The fraction of sp³-hybridized carbons (Fsp3) is 0.316. The molecule has 0 radical (unpaired) electrons. The van der Waals surface area contributed by atoms with Crippen LogP contribution in [-0.2, 0) is 32.6 Å². The van der Waals surface area contributed by atoms with E-state index in [1.807, 2.05) is 44.2 Å². The van der Waals surface area contributed by atoms with Gasteiger partial charge in [0.1, 0.15) is 18.3 Å². The number of methoxy groups -OCH3 is 2. The average molecular weight is 722 g/mol. The third-order valence-corrected chi connectivity index (χ3v) is 10.0. The van der Waals surface area contributed by atoms with E-state index in [4.69, 9.17) is 25.8 Å². The van der Waals surface area contributed by atoms with Gasteiger partial charge in [0, 0.05) is 30.6 Å². The molecule has 0 aliphatic rings. The lowest BCUT2D eigenvalue weighted by Crippen LogP contribution is -2.53. The van der Waals surface area contributed by atoms with E-state index in [9.17, 15) is 18.0 Å². The zero-order valence-corrected chi connectivity index (χ0v) is 30.4. The van der Waals surface area contributed by atoms with Crippen LogP contribution in [0.3, 0.4) is 0 Å². The lowest BCUT2D eigenvalue weighted by atomic mass is 10.0. The molecule has 4 aromatic carbocycles. The molecular weight excluding hydrogens is 678 g/mol. The molecule has 1 atom stereocenters. The fourth-order valence-electron chi connectivity index (χ4n) is 5.35. The maximum Gasteiger partial charge on any atom is 0.264 e. The normalized spacial score (nSPS) is 11.7. The van der Waals surface area contributed by atoms with Crippen molar-refractivity contribution < 1.29 is 32.2 Å². The van der Waals surface area contributed by atoms with E-state index in [1.165, 1.54) is 37.3 Å². The number of amides is 2. The molecule has 0 saturated carbocycles. The van der Waals surface area contributed by atoms with Crippen molar-refractivity contribution in [2.45, 2.75) is 50.6 Å². The maximum atomic E-state index is 14.7. The van der Waals surface area contributed by atoms with Crippen molar-refractivity contribution >= 4 is 39.1 Å². The van der Waals surface area contributed by atoms with Crippen molar-refractivity contribution in [3.8, 4) is 17.2 Å². The number of carbonyl (C=O) groups excluding carboxylic acids is 2. The number of ether oxygens (including phenoxy) is 3. The number of nitrogens with zero attached hydrogens (tertiary/aromatic N) is 2. The molecule has 0 aliphatic heterocycles. The second-order valence-electron chi connectivity index (χ2n) is 11.5. The quantitative estimate of drug-likeness (QED) is 0.117. The molecule has 12 heteroatoms. The van der Waals surface area contributed by atoms with Crippen molar-refractivity contribution in [2.24, 2.45) is 0 Å². The highest BCUT2D eigenvalue weighted by molar-refractivity contribution is 7.92. The Bertz CT molecular complexity index is 1800. The van der Waals surface area contributed by atoms with Crippen LogP contribution in [0.1, 0.15) is 37.8 Å². The number of hydrogen-bond donors (Lipinski definition) is 1. The van der Waals surface area contributed by atoms with Crippen LogP contribution in [0.25, 0.3) is 0 Å². The van der Waals surface area contributed by atoms with Crippen LogP contribution in [0.15, 0.2) is 102 Å². The molecule has 0 spiro atoms. The third kappa shape index (κ3) is 9.92. The summed E-state index contributed by atoms with van der Waals surface area (Å²) in [6.45, 7) is 4.16. The van der Waals surface area contributed by atoms with Gasteiger partial charge in [0.2, 0.25) is 11.8 Å². The van der Waals surface area contributed by atoms with Crippen LogP contribution < -0.4 is 23.8 Å². The number of hydrogen-bond acceptors (Lipinski definition) is 7. The predicted molar refractivity (Wildman–Crippen MR) is 196 cm³/mol. The summed E-state index contributed by atoms with van der Waals surface area (Å²) < 4.78 is 46.3. The zero-order valence-electron chi connectivity index (χ0n) is 28.8. The standard InChI is InChI=1S/C38H44ClN3O7S/c1-5-7-23-40-38(44)34(24-28-11-9-8-10-12-28)41(26-29-13-15-30(39)16-14-29)37(43)27-42(31-17-19-32(20-18-31)49-6-2)50(45,46)33-21-22-35(47-3)36(25-33)48-4/h8-22,25,34H,5-7,23-24,26-27H2,1-4H3,(H,40,44)/t34-/m0/s1. The van der Waals surface area contributed by atoms with E-state index >= 15 is 0 Å². The minimum Gasteiger partial charge on any atom is -0.494 e. The van der Waals surface area contributed by atoms with Crippen molar-refractivity contribution in [3.05, 3.63) is 113 Å². The Kier molecular flexibility index (Phi) is 13.9. The molecule has 2 amide bonds. The minimum atomic E-state index is -4.37. The Balaban J connectivity index is 1.82. The molecule has 266 valence electrons. The summed E-state index contributed by atoms with van der Waals surface area (Å²) in [6.07, 6.45) is 1.86. The molecular formula is C38H44ClN3O7S. The Hall–Kier alpha value is -4.74. The van der Waals surface area contributed by atoms with Crippen LogP contribution in [0, 0.1) is 0 Å². The minimum absolute atomic E-state index is 0.0300. The number of anilines is 1. The summed E-state index contributed by atoms with van der Waals surface area (Å²) in [5, 5.41) is 3.51. The van der Waals surface area contributed by atoms with Gasteiger partial charge >= 0.3 is 0 Å². The van der Waals surface area contributed by atoms with Crippen LogP contribution in [0.2, 0.25) is 5.02 Å². The lowest BCUT2D eigenvalue weighted by molar-refractivity contribution is -0.140. The Labute approximate surface area is 300 Å². The van der Waals surface area contributed by atoms with E-state index in [0.717, 1.165) is 28.3 Å². The molecule has 0 bridgehead atoms. The van der Waals surface area contributed by atoms with Crippen molar-refractivity contribution in [3.63, 3.8) is 0 Å². The molecule has 0 unspecified atom stereocenters. The summed E-state index contributed by atoms with van der Waals surface area (Å²) in [5.41, 5.74) is 1.80. The zero-order chi connectivity index (χ0) is 36.1. The SMILES string of the molecule is CCCCNC(=O)[C@H](Cc1ccccc1)N(Cc1ccc(Cl)cc1)C(=O)CN(c1ccc(OCC)cc1)S(=O)(=O)c1ccc(OC)c(OC)c1. The van der Waals surface area contributed by atoms with Crippen LogP contribution >= 0.6 is 11.6 Å². The Morgan fingerprint density at radius 3 is 2.14 bits per heavy atom.